The van der Waals surface area contributed by atoms with Crippen LogP contribution in [0.5, 0.6) is 0 Å². The average molecular weight is 296 g/mol. The summed E-state index contributed by atoms with van der Waals surface area (Å²) >= 11 is 0. The molecule has 2 rings (SSSR count). The number of fused-ring (bicyclic) bond motifs is 1. The van der Waals surface area contributed by atoms with Crippen molar-refractivity contribution in [2.24, 2.45) is 5.41 Å². The Balaban J connectivity index is 2.05. The molecule has 4 nitrogen and oxygen atoms in total. The third-order valence-electron chi connectivity index (χ3n) is 4.02. The molecule has 0 saturated carbocycles. The summed E-state index contributed by atoms with van der Waals surface area (Å²) in [6.45, 7) is 5.60. The first-order chi connectivity index (χ1) is 9.30. The van der Waals surface area contributed by atoms with Crippen molar-refractivity contribution in [2.75, 3.05) is 19.3 Å². The van der Waals surface area contributed by atoms with Gasteiger partial charge in [0.05, 0.1) is 6.26 Å². The number of sulfonamides is 1. The van der Waals surface area contributed by atoms with Gasteiger partial charge in [0, 0.05) is 19.1 Å². The predicted molar refractivity (Wildman–Crippen MR) is 82.1 cm³/mol. The van der Waals surface area contributed by atoms with Crippen LogP contribution in [-0.4, -0.2) is 27.8 Å². The van der Waals surface area contributed by atoms with E-state index in [9.17, 15) is 8.42 Å². The topological polar surface area (TPSA) is 58.2 Å². The average Bonchev–Trinajstić information content (AvgIpc) is 2.35. The van der Waals surface area contributed by atoms with E-state index in [1.165, 1.54) is 17.4 Å². The summed E-state index contributed by atoms with van der Waals surface area (Å²) < 4.78 is 24.7. The summed E-state index contributed by atoms with van der Waals surface area (Å²) in [5, 5.41) is 3.51. The highest BCUT2D eigenvalue weighted by Crippen LogP contribution is 2.43. The van der Waals surface area contributed by atoms with Gasteiger partial charge < -0.3 is 5.32 Å². The van der Waals surface area contributed by atoms with E-state index in [4.69, 9.17) is 0 Å². The maximum atomic E-state index is 11.1. The highest BCUT2D eigenvalue weighted by Gasteiger charge is 2.35. The lowest BCUT2D eigenvalue weighted by atomic mass is 9.70. The Labute approximate surface area is 122 Å². The van der Waals surface area contributed by atoms with E-state index in [-0.39, 0.29) is 11.5 Å². The van der Waals surface area contributed by atoms with E-state index in [0.29, 0.717) is 13.1 Å². The number of hydrogen-bond acceptors (Lipinski definition) is 3. The zero-order valence-electron chi connectivity index (χ0n) is 12.4. The van der Waals surface area contributed by atoms with Crippen LogP contribution in [0, 0.1) is 5.41 Å². The Morgan fingerprint density at radius 3 is 2.65 bits per heavy atom. The smallest absolute Gasteiger partial charge is 0.208 e. The maximum Gasteiger partial charge on any atom is 0.208 e. The summed E-state index contributed by atoms with van der Waals surface area (Å²) in [5.74, 6) is 0. The fourth-order valence-electron chi connectivity index (χ4n) is 2.90. The minimum absolute atomic E-state index is 0.180. The van der Waals surface area contributed by atoms with Crippen molar-refractivity contribution in [3.63, 3.8) is 0 Å². The number of benzene rings is 1. The van der Waals surface area contributed by atoms with Crippen LogP contribution in [-0.2, 0) is 16.4 Å². The van der Waals surface area contributed by atoms with Gasteiger partial charge in [0.1, 0.15) is 0 Å². The van der Waals surface area contributed by atoms with Crippen molar-refractivity contribution in [3.05, 3.63) is 35.4 Å². The van der Waals surface area contributed by atoms with E-state index in [2.05, 4.69) is 48.2 Å². The Kier molecular flexibility index (Phi) is 4.52. The van der Waals surface area contributed by atoms with Crippen LogP contribution in [0.15, 0.2) is 24.3 Å². The van der Waals surface area contributed by atoms with Crippen LogP contribution >= 0.6 is 0 Å². The first-order valence-electron chi connectivity index (χ1n) is 7.05. The molecular weight excluding hydrogens is 272 g/mol. The Hall–Kier alpha value is -0.910. The zero-order valence-corrected chi connectivity index (χ0v) is 13.3. The van der Waals surface area contributed by atoms with Crippen LogP contribution < -0.4 is 10.0 Å². The number of nitrogens with one attached hydrogen (secondary N) is 2. The predicted octanol–water partition coefficient (Wildman–Crippen LogP) is 1.84. The van der Waals surface area contributed by atoms with E-state index in [1.54, 1.807) is 0 Å². The number of aryl methyl sites for hydroxylation is 1. The zero-order chi connectivity index (χ0) is 14.8. The highest BCUT2D eigenvalue weighted by atomic mass is 32.2. The molecule has 0 spiro atoms. The van der Waals surface area contributed by atoms with Crippen LogP contribution in [0.2, 0.25) is 0 Å². The molecule has 1 aliphatic carbocycles. The van der Waals surface area contributed by atoms with Gasteiger partial charge >= 0.3 is 0 Å². The third-order valence-corrected chi connectivity index (χ3v) is 4.75. The maximum absolute atomic E-state index is 11.1. The molecule has 1 aromatic carbocycles. The van der Waals surface area contributed by atoms with Crippen LogP contribution in [0.25, 0.3) is 0 Å². The van der Waals surface area contributed by atoms with Gasteiger partial charge in [-0.2, -0.15) is 0 Å². The summed E-state index contributed by atoms with van der Waals surface area (Å²) in [5.41, 5.74) is 2.93. The van der Waals surface area contributed by atoms with Gasteiger partial charge in [0.25, 0.3) is 0 Å². The van der Waals surface area contributed by atoms with Gasteiger partial charge in [-0.05, 0) is 29.4 Å². The van der Waals surface area contributed by atoms with Crippen molar-refractivity contribution in [1.29, 1.82) is 0 Å². The second kappa shape index (κ2) is 5.84. The molecule has 0 fully saturated rings. The minimum Gasteiger partial charge on any atom is -0.308 e. The van der Waals surface area contributed by atoms with Crippen LogP contribution in [0.1, 0.15) is 37.4 Å². The van der Waals surface area contributed by atoms with Crippen molar-refractivity contribution in [1.82, 2.24) is 10.0 Å². The molecule has 5 heteroatoms. The molecular formula is C15H24N2O2S. The van der Waals surface area contributed by atoms with E-state index in [0.717, 1.165) is 12.8 Å². The molecule has 0 amide bonds. The van der Waals surface area contributed by atoms with Crippen molar-refractivity contribution in [2.45, 2.75) is 32.7 Å². The molecule has 112 valence electrons. The first kappa shape index (κ1) is 15.5. The van der Waals surface area contributed by atoms with Crippen molar-refractivity contribution >= 4 is 10.0 Å². The Morgan fingerprint density at radius 1 is 1.25 bits per heavy atom. The van der Waals surface area contributed by atoms with Gasteiger partial charge in [-0.1, -0.05) is 38.1 Å². The minimum atomic E-state index is -3.11. The summed E-state index contributed by atoms with van der Waals surface area (Å²) in [6, 6.07) is 8.79. The summed E-state index contributed by atoms with van der Waals surface area (Å²) in [7, 11) is -3.11. The van der Waals surface area contributed by atoms with Gasteiger partial charge in [0.2, 0.25) is 10.0 Å². The molecule has 1 atom stereocenters. The lowest BCUT2D eigenvalue weighted by Crippen LogP contribution is -2.41. The fourth-order valence-corrected chi connectivity index (χ4v) is 3.38. The van der Waals surface area contributed by atoms with E-state index >= 15 is 0 Å². The SMILES string of the molecule is CC1(C)CCc2ccccc2C1NCCNS(C)(=O)=O. The fraction of sp³-hybridized carbons (Fsp3) is 0.600. The van der Waals surface area contributed by atoms with Gasteiger partial charge in [0.15, 0.2) is 0 Å². The molecule has 1 unspecified atom stereocenters. The number of rotatable bonds is 5. The molecule has 0 heterocycles. The molecule has 0 aliphatic heterocycles. The van der Waals surface area contributed by atoms with Crippen molar-refractivity contribution in [3.8, 4) is 0 Å². The monoisotopic (exact) mass is 296 g/mol. The third kappa shape index (κ3) is 3.81. The van der Waals surface area contributed by atoms with E-state index in [1.807, 2.05) is 0 Å². The van der Waals surface area contributed by atoms with Gasteiger partial charge in [-0.25, -0.2) is 13.1 Å². The number of hydrogen-bond donors (Lipinski definition) is 2. The molecule has 0 saturated heterocycles. The standard InChI is InChI=1S/C15H24N2O2S/c1-15(2)9-8-12-6-4-5-7-13(12)14(15)16-10-11-17-20(3,18)19/h4-7,14,16-17H,8-11H2,1-3H3. The molecule has 0 bridgehead atoms. The lowest BCUT2D eigenvalue weighted by Gasteiger charge is -2.40. The Bertz CT molecular complexity index is 567. The Morgan fingerprint density at radius 2 is 1.95 bits per heavy atom. The molecule has 0 radical (unpaired) electrons. The first-order valence-corrected chi connectivity index (χ1v) is 8.94. The summed E-state index contributed by atoms with van der Waals surface area (Å²) in [4.78, 5) is 0. The normalized spacial score (nSPS) is 21.4. The molecule has 0 aromatic heterocycles. The van der Waals surface area contributed by atoms with Crippen molar-refractivity contribution < 1.29 is 8.42 Å². The van der Waals surface area contributed by atoms with Crippen LogP contribution in [0.4, 0.5) is 0 Å². The highest BCUT2D eigenvalue weighted by molar-refractivity contribution is 7.88. The molecule has 1 aliphatic rings. The molecule has 2 N–H and O–H groups in total. The van der Waals surface area contributed by atoms with Gasteiger partial charge in [-0.15, -0.1) is 0 Å². The largest absolute Gasteiger partial charge is 0.308 e. The second-order valence-corrected chi connectivity index (χ2v) is 8.07. The second-order valence-electron chi connectivity index (χ2n) is 6.24. The van der Waals surface area contributed by atoms with E-state index < -0.39 is 10.0 Å². The van der Waals surface area contributed by atoms with Crippen LogP contribution in [0.3, 0.4) is 0 Å². The summed E-state index contributed by atoms with van der Waals surface area (Å²) in [6.07, 6.45) is 3.44. The quantitative estimate of drug-likeness (QED) is 0.815. The molecule has 20 heavy (non-hydrogen) atoms. The van der Waals surface area contributed by atoms with Gasteiger partial charge in [-0.3, -0.25) is 0 Å². The lowest BCUT2D eigenvalue weighted by molar-refractivity contribution is 0.210. The molecule has 1 aromatic rings.